The number of H-pyrrole nitrogens is 1. The molecule has 0 spiro atoms. The lowest BCUT2D eigenvalue weighted by Gasteiger charge is -2.28. The highest BCUT2D eigenvalue weighted by atomic mass is 35.5. The highest BCUT2D eigenvalue weighted by Gasteiger charge is 2.42. The summed E-state index contributed by atoms with van der Waals surface area (Å²) >= 11 is 12.1. The van der Waals surface area contributed by atoms with Crippen LogP contribution in [0.2, 0.25) is 10.0 Å². The number of aromatic amines is 1. The van der Waals surface area contributed by atoms with Crippen LogP contribution in [0, 0.1) is 5.92 Å². The lowest BCUT2D eigenvalue weighted by atomic mass is 9.96. The van der Waals surface area contributed by atoms with Crippen LogP contribution in [0.1, 0.15) is 41.5 Å². The molecule has 1 amide bonds. The lowest BCUT2D eigenvalue weighted by molar-refractivity contribution is 0.0722. The van der Waals surface area contributed by atoms with E-state index in [4.69, 9.17) is 23.2 Å². The van der Waals surface area contributed by atoms with Gasteiger partial charge in [0.15, 0.2) is 0 Å². The van der Waals surface area contributed by atoms with Gasteiger partial charge >= 0.3 is 0 Å². The maximum atomic E-state index is 13.1. The first-order valence-corrected chi connectivity index (χ1v) is 9.62. The Morgan fingerprint density at radius 1 is 1.04 bits per heavy atom. The van der Waals surface area contributed by atoms with Crippen molar-refractivity contribution in [2.75, 3.05) is 6.54 Å². The van der Waals surface area contributed by atoms with E-state index in [0.29, 0.717) is 28.2 Å². The minimum absolute atomic E-state index is 0.0219. The smallest absolute Gasteiger partial charge is 0.273 e. The molecule has 4 rings (SSSR count). The molecule has 0 bridgehead atoms. The highest BCUT2D eigenvalue weighted by Crippen LogP contribution is 2.43. The SMILES string of the molecule is CC(C)CN1C(=O)c2[nH]nc(-c3ccc(Cl)cc3)c2C1c1ccc(Cl)cc1. The Bertz CT molecular complexity index is 978. The lowest BCUT2D eigenvalue weighted by Crippen LogP contribution is -2.32. The molecule has 1 aliphatic heterocycles. The number of rotatable bonds is 4. The van der Waals surface area contributed by atoms with Crippen molar-refractivity contribution in [2.45, 2.75) is 19.9 Å². The first-order valence-electron chi connectivity index (χ1n) is 8.86. The third-order valence-corrected chi connectivity index (χ3v) is 5.23. The predicted octanol–water partition coefficient (Wildman–Crippen LogP) is 5.58. The van der Waals surface area contributed by atoms with Crippen LogP contribution in [-0.4, -0.2) is 27.5 Å². The number of benzene rings is 2. The average Bonchev–Trinajstić information content (AvgIpc) is 3.17. The topological polar surface area (TPSA) is 49.0 Å². The molecule has 2 heterocycles. The van der Waals surface area contributed by atoms with E-state index in [-0.39, 0.29) is 11.9 Å². The zero-order chi connectivity index (χ0) is 19.1. The van der Waals surface area contributed by atoms with E-state index in [9.17, 15) is 4.79 Å². The monoisotopic (exact) mass is 399 g/mol. The van der Waals surface area contributed by atoms with E-state index in [2.05, 4.69) is 24.0 Å². The van der Waals surface area contributed by atoms with Crippen molar-refractivity contribution >= 4 is 29.1 Å². The molecule has 0 aliphatic carbocycles. The van der Waals surface area contributed by atoms with Gasteiger partial charge in [-0.25, -0.2) is 0 Å². The second-order valence-electron chi connectivity index (χ2n) is 7.17. The van der Waals surface area contributed by atoms with Gasteiger partial charge in [0.25, 0.3) is 5.91 Å². The maximum absolute atomic E-state index is 13.1. The molecule has 1 N–H and O–H groups in total. The molecule has 1 aliphatic rings. The Kier molecular flexibility index (Phi) is 4.70. The second-order valence-corrected chi connectivity index (χ2v) is 8.05. The molecule has 1 unspecified atom stereocenters. The van der Waals surface area contributed by atoms with Crippen molar-refractivity contribution in [1.82, 2.24) is 15.1 Å². The summed E-state index contributed by atoms with van der Waals surface area (Å²) in [6, 6.07) is 15.0. The second kappa shape index (κ2) is 7.02. The summed E-state index contributed by atoms with van der Waals surface area (Å²) in [5.74, 6) is 0.325. The van der Waals surface area contributed by atoms with E-state index in [0.717, 1.165) is 22.4 Å². The number of hydrogen-bond acceptors (Lipinski definition) is 2. The summed E-state index contributed by atoms with van der Waals surface area (Å²) < 4.78 is 0. The molecule has 0 saturated carbocycles. The summed E-state index contributed by atoms with van der Waals surface area (Å²) in [7, 11) is 0. The molecule has 3 aromatic rings. The fraction of sp³-hybridized carbons (Fsp3) is 0.238. The first-order chi connectivity index (χ1) is 13.0. The molecule has 138 valence electrons. The Balaban J connectivity index is 1.87. The van der Waals surface area contributed by atoms with Crippen molar-refractivity contribution in [1.29, 1.82) is 0 Å². The highest BCUT2D eigenvalue weighted by molar-refractivity contribution is 6.30. The fourth-order valence-electron chi connectivity index (χ4n) is 3.60. The molecule has 0 radical (unpaired) electrons. The van der Waals surface area contributed by atoms with Crippen LogP contribution in [-0.2, 0) is 0 Å². The minimum Gasteiger partial charge on any atom is -0.326 e. The summed E-state index contributed by atoms with van der Waals surface area (Å²) in [4.78, 5) is 15.0. The molecule has 6 heteroatoms. The van der Waals surface area contributed by atoms with E-state index in [1.54, 1.807) is 0 Å². The van der Waals surface area contributed by atoms with Gasteiger partial charge in [0.2, 0.25) is 0 Å². The van der Waals surface area contributed by atoms with Crippen LogP contribution in [0.3, 0.4) is 0 Å². The van der Waals surface area contributed by atoms with Gasteiger partial charge in [-0.3, -0.25) is 9.89 Å². The molecule has 0 fully saturated rings. The first kappa shape index (κ1) is 18.1. The number of fused-ring (bicyclic) bond motifs is 1. The van der Waals surface area contributed by atoms with Gasteiger partial charge in [-0.15, -0.1) is 0 Å². The van der Waals surface area contributed by atoms with Crippen LogP contribution in [0.4, 0.5) is 0 Å². The number of hydrogen-bond donors (Lipinski definition) is 1. The molecule has 0 saturated heterocycles. The standard InChI is InChI=1S/C21H19Cl2N3O/c1-12(2)11-26-20(14-5-9-16(23)10-6-14)17-18(24-25-19(17)21(26)27)13-3-7-15(22)8-4-13/h3-10,12,20H,11H2,1-2H3,(H,24,25). The van der Waals surface area contributed by atoms with E-state index >= 15 is 0 Å². The summed E-state index contributed by atoms with van der Waals surface area (Å²) in [6.45, 7) is 4.88. The number of carbonyl (C=O) groups is 1. The van der Waals surface area contributed by atoms with Gasteiger partial charge in [0.1, 0.15) is 5.69 Å². The average molecular weight is 400 g/mol. The Morgan fingerprint density at radius 3 is 2.22 bits per heavy atom. The summed E-state index contributed by atoms with van der Waals surface area (Å²) in [5, 5.41) is 8.75. The third-order valence-electron chi connectivity index (χ3n) is 4.73. The number of amides is 1. The van der Waals surface area contributed by atoms with Gasteiger partial charge in [-0.05, 0) is 35.7 Å². The maximum Gasteiger partial charge on any atom is 0.273 e. The van der Waals surface area contributed by atoms with Crippen molar-refractivity contribution < 1.29 is 4.79 Å². The summed E-state index contributed by atoms with van der Waals surface area (Å²) in [6.07, 6.45) is 0. The van der Waals surface area contributed by atoms with Gasteiger partial charge in [0, 0.05) is 27.7 Å². The minimum atomic E-state index is -0.198. The van der Waals surface area contributed by atoms with Crippen molar-refractivity contribution in [3.05, 3.63) is 75.4 Å². The van der Waals surface area contributed by atoms with Gasteiger partial charge in [0.05, 0.1) is 11.7 Å². The summed E-state index contributed by atoms with van der Waals surface area (Å²) in [5.41, 5.74) is 4.19. The quantitative estimate of drug-likeness (QED) is 0.621. The van der Waals surface area contributed by atoms with Crippen LogP contribution < -0.4 is 0 Å². The zero-order valence-corrected chi connectivity index (χ0v) is 16.6. The fourth-order valence-corrected chi connectivity index (χ4v) is 3.85. The normalized spacial score (nSPS) is 16.3. The number of nitrogens with one attached hydrogen (secondary N) is 1. The van der Waals surface area contributed by atoms with Crippen molar-refractivity contribution in [2.24, 2.45) is 5.92 Å². The van der Waals surface area contributed by atoms with Crippen LogP contribution in [0.25, 0.3) is 11.3 Å². The third kappa shape index (κ3) is 3.24. The zero-order valence-electron chi connectivity index (χ0n) is 15.0. The number of nitrogens with zero attached hydrogens (tertiary/aromatic N) is 2. The molecule has 1 aromatic heterocycles. The Labute approximate surface area is 168 Å². The Morgan fingerprint density at radius 2 is 1.63 bits per heavy atom. The van der Waals surface area contributed by atoms with Gasteiger partial charge in [-0.1, -0.05) is 61.3 Å². The number of halogens is 2. The number of aromatic nitrogens is 2. The molecular weight excluding hydrogens is 381 g/mol. The largest absolute Gasteiger partial charge is 0.326 e. The van der Waals surface area contributed by atoms with E-state index < -0.39 is 0 Å². The van der Waals surface area contributed by atoms with Crippen molar-refractivity contribution in [3.8, 4) is 11.3 Å². The van der Waals surface area contributed by atoms with Gasteiger partial charge < -0.3 is 4.90 Å². The van der Waals surface area contributed by atoms with Gasteiger partial charge in [-0.2, -0.15) is 5.10 Å². The number of carbonyl (C=O) groups excluding carboxylic acids is 1. The van der Waals surface area contributed by atoms with Crippen LogP contribution in [0.5, 0.6) is 0 Å². The van der Waals surface area contributed by atoms with Crippen LogP contribution >= 0.6 is 23.2 Å². The molecule has 1 atom stereocenters. The molecular formula is C21H19Cl2N3O. The van der Waals surface area contributed by atoms with E-state index in [1.807, 2.05) is 53.4 Å². The van der Waals surface area contributed by atoms with Crippen molar-refractivity contribution in [3.63, 3.8) is 0 Å². The molecule has 4 nitrogen and oxygen atoms in total. The van der Waals surface area contributed by atoms with E-state index in [1.165, 1.54) is 0 Å². The predicted molar refractivity (Wildman–Crippen MR) is 108 cm³/mol. The Hall–Kier alpha value is -2.30. The van der Waals surface area contributed by atoms with Crippen LogP contribution in [0.15, 0.2) is 48.5 Å². The molecule has 2 aromatic carbocycles. The molecule has 27 heavy (non-hydrogen) atoms.